The minimum Gasteiger partial charge on any atom is -0.464 e. The zero-order chi connectivity index (χ0) is 21.7. The fourth-order valence-electron chi connectivity index (χ4n) is 4.59. The molecule has 4 aromatic rings. The number of fused-ring (bicyclic) bond motifs is 4. The quantitative estimate of drug-likeness (QED) is 0.301. The number of rotatable bonds is 3. The van der Waals surface area contributed by atoms with Crippen molar-refractivity contribution in [1.29, 1.82) is 0 Å². The molecular weight excluding hydrogens is 402 g/mol. The van der Waals surface area contributed by atoms with E-state index < -0.39 is 6.23 Å². The minimum atomic E-state index is -0.534. The highest BCUT2D eigenvalue weighted by Crippen LogP contribution is 2.47. The Hall–Kier alpha value is -4.19. The summed E-state index contributed by atoms with van der Waals surface area (Å²) in [6.45, 7) is 0. The van der Waals surface area contributed by atoms with Crippen LogP contribution in [0.1, 0.15) is 35.4 Å². The maximum absolute atomic E-state index is 11.3. The van der Waals surface area contributed by atoms with Crippen LogP contribution in [0.2, 0.25) is 0 Å². The van der Waals surface area contributed by atoms with Crippen LogP contribution in [0, 0.1) is 10.1 Å². The molecule has 0 spiro atoms. The summed E-state index contributed by atoms with van der Waals surface area (Å²) in [6, 6.07) is 29.2. The normalized spacial score (nSPS) is 19.1. The summed E-state index contributed by atoms with van der Waals surface area (Å²) in [5, 5.41) is 20.6. The van der Waals surface area contributed by atoms with Crippen LogP contribution in [0.5, 0.6) is 5.75 Å². The van der Waals surface area contributed by atoms with E-state index in [1.807, 2.05) is 41.4 Å². The molecule has 0 radical (unpaired) electrons. The lowest BCUT2D eigenvalue weighted by Crippen LogP contribution is -2.33. The Morgan fingerprint density at radius 1 is 0.906 bits per heavy atom. The predicted molar refractivity (Wildman–Crippen MR) is 123 cm³/mol. The smallest absolute Gasteiger partial charge is 0.269 e. The van der Waals surface area contributed by atoms with Gasteiger partial charge in [0.05, 0.1) is 16.7 Å². The fraction of sp³-hybridized carbons (Fsp3) is 0.115. The lowest BCUT2D eigenvalue weighted by atomic mass is 9.95. The Morgan fingerprint density at radius 2 is 1.72 bits per heavy atom. The van der Waals surface area contributed by atoms with Gasteiger partial charge in [0.25, 0.3) is 5.69 Å². The van der Waals surface area contributed by atoms with Crippen LogP contribution in [0.3, 0.4) is 0 Å². The number of nitrogens with zero attached hydrogens (tertiary/aromatic N) is 3. The van der Waals surface area contributed by atoms with Crippen molar-refractivity contribution in [2.45, 2.75) is 18.7 Å². The number of benzene rings is 4. The average molecular weight is 421 g/mol. The van der Waals surface area contributed by atoms with E-state index in [4.69, 9.17) is 9.84 Å². The second-order valence-corrected chi connectivity index (χ2v) is 8.07. The molecule has 0 fully saturated rings. The number of nitro benzene ring substituents is 1. The summed E-state index contributed by atoms with van der Waals surface area (Å²) < 4.78 is 6.32. The van der Waals surface area contributed by atoms with Gasteiger partial charge in [0.2, 0.25) is 6.23 Å². The van der Waals surface area contributed by atoms with Crippen molar-refractivity contribution >= 4 is 22.2 Å². The molecule has 0 aromatic heterocycles. The Bertz CT molecular complexity index is 1400. The highest BCUT2D eigenvalue weighted by Gasteiger charge is 2.41. The number of para-hydroxylation sites is 1. The number of nitro groups is 1. The van der Waals surface area contributed by atoms with Gasteiger partial charge in [-0.05, 0) is 28.5 Å². The molecule has 4 aromatic carbocycles. The van der Waals surface area contributed by atoms with Crippen molar-refractivity contribution in [1.82, 2.24) is 5.01 Å². The number of hydrogen-bond acceptors (Lipinski definition) is 5. The molecule has 0 N–H and O–H groups in total. The van der Waals surface area contributed by atoms with E-state index >= 15 is 0 Å². The Morgan fingerprint density at radius 3 is 2.59 bits per heavy atom. The number of hydrogen-bond donors (Lipinski definition) is 0. The van der Waals surface area contributed by atoms with Crippen LogP contribution < -0.4 is 4.74 Å². The van der Waals surface area contributed by atoms with Crippen LogP contribution in [-0.4, -0.2) is 15.6 Å². The molecule has 0 saturated heterocycles. The SMILES string of the molecule is O=[N+]([O-])c1cccc([C@H]2Oc3ccccc3[C@@H]3CC(c4ccc5ccccc5c4)=NN23)c1. The predicted octanol–water partition coefficient (Wildman–Crippen LogP) is 5.99. The van der Waals surface area contributed by atoms with Gasteiger partial charge in [-0.25, -0.2) is 5.01 Å². The van der Waals surface area contributed by atoms with Crippen molar-refractivity contribution in [3.05, 3.63) is 118 Å². The van der Waals surface area contributed by atoms with Gasteiger partial charge in [-0.15, -0.1) is 0 Å². The van der Waals surface area contributed by atoms with Crippen molar-refractivity contribution in [3.63, 3.8) is 0 Å². The van der Waals surface area contributed by atoms with E-state index in [0.29, 0.717) is 5.56 Å². The molecule has 2 atom stereocenters. The first-order valence-electron chi connectivity index (χ1n) is 10.5. The molecule has 6 heteroatoms. The van der Waals surface area contributed by atoms with Gasteiger partial charge >= 0.3 is 0 Å². The van der Waals surface area contributed by atoms with Gasteiger partial charge in [-0.1, -0.05) is 66.7 Å². The molecular formula is C26H19N3O3. The van der Waals surface area contributed by atoms with Crippen LogP contribution in [0.25, 0.3) is 10.8 Å². The lowest BCUT2D eigenvalue weighted by Gasteiger charge is -2.38. The van der Waals surface area contributed by atoms with Gasteiger partial charge in [-0.2, -0.15) is 5.10 Å². The fourth-order valence-corrected chi connectivity index (χ4v) is 4.59. The van der Waals surface area contributed by atoms with Crippen LogP contribution in [0.4, 0.5) is 5.69 Å². The Kier molecular flexibility index (Phi) is 4.18. The molecule has 0 saturated carbocycles. The topological polar surface area (TPSA) is 68.0 Å². The zero-order valence-electron chi connectivity index (χ0n) is 17.1. The van der Waals surface area contributed by atoms with Crippen molar-refractivity contribution in [3.8, 4) is 5.75 Å². The average Bonchev–Trinajstić information content (AvgIpc) is 3.29. The van der Waals surface area contributed by atoms with Gasteiger partial charge in [-0.3, -0.25) is 10.1 Å². The molecule has 2 aliphatic rings. The van der Waals surface area contributed by atoms with Gasteiger partial charge < -0.3 is 4.74 Å². The molecule has 6 nitrogen and oxygen atoms in total. The first kappa shape index (κ1) is 18.6. The first-order valence-corrected chi connectivity index (χ1v) is 10.5. The largest absolute Gasteiger partial charge is 0.464 e. The molecule has 2 heterocycles. The maximum Gasteiger partial charge on any atom is 0.269 e. The van der Waals surface area contributed by atoms with Crippen molar-refractivity contribution < 1.29 is 9.66 Å². The van der Waals surface area contributed by atoms with Gasteiger partial charge in [0.15, 0.2) is 0 Å². The summed E-state index contributed by atoms with van der Waals surface area (Å²) in [5.74, 6) is 0.792. The maximum atomic E-state index is 11.3. The molecule has 32 heavy (non-hydrogen) atoms. The van der Waals surface area contributed by atoms with E-state index in [-0.39, 0.29) is 16.7 Å². The lowest BCUT2D eigenvalue weighted by molar-refractivity contribution is -0.385. The van der Waals surface area contributed by atoms with Gasteiger partial charge in [0.1, 0.15) is 5.75 Å². The monoisotopic (exact) mass is 421 g/mol. The third-order valence-corrected chi connectivity index (χ3v) is 6.15. The van der Waals surface area contributed by atoms with E-state index in [0.717, 1.165) is 29.0 Å². The molecule has 0 unspecified atom stereocenters. The summed E-state index contributed by atoms with van der Waals surface area (Å²) in [6.07, 6.45) is 0.206. The summed E-state index contributed by atoms with van der Waals surface area (Å²) in [4.78, 5) is 10.9. The van der Waals surface area contributed by atoms with E-state index in [1.54, 1.807) is 12.1 Å². The van der Waals surface area contributed by atoms with Crippen molar-refractivity contribution in [2.75, 3.05) is 0 Å². The van der Waals surface area contributed by atoms with E-state index in [9.17, 15) is 10.1 Å². The van der Waals surface area contributed by atoms with E-state index in [2.05, 4.69) is 36.4 Å². The summed E-state index contributed by atoms with van der Waals surface area (Å²) in [5.41, 5.74) is 3.89. The third kappa shape index (κ3) is 3.00. The molecule has 0 aliphatic carbocycles. The van der Waals surface area contributed by atoms with Crippen LogP contribution >= 0.6 is 0 Å². The molecule has 156 valence electrons. The second kappa shape index (κ2) is 7.20. The molecule has 2 aliphatic heterocycles. The zero-order valence-corrected chi connectivity index (χ0v) is 17.1. The molecule has 6 rings (SSSR count). The second-order valence-electron chi connectivity index (χ2n) is 8.07. The minimum absolute atomic E-state index is 0.00526. The van der Waals surface area contributed by atoms with Gasteiger partial charge in [0, 0.05) is 29.7 Å². The van der Waals surface area contributed by atoms with E-state index in [1.165, 1.54) is 16.8 Å². The molecule has 0 amide bonds. The standard InChI is InChI=1S/C26H19N3O3/c30-29(31)21-9-5-8-20(15-21)26-28-24(22-10-3-4-11-25(22)32-26)16-23(27-28)19-13-12-17-6-1-2-7-18(17)14-19/h1-15,24,26H,16H2/t24-,26+/m0/s1. The van der Waals surface area contributed by atoms with Crippen LogP contribution in [-0.2, 0) is 0 Å². The highest BCUT2D eigenvalue weighted by atomic mass is 16.6. The van der Waals surface area contributed by atoms with Crippen molar-refractivity contribution in [2.24, 2.45) is 5.10 Å². The number of hydrazone groups is 1. The summed E-state index contributed by atoms with van der Waals surface area (Å²) >= 11 is 0. The highest BCUT2D eigenvalue weighted by molar-refractivity contribution is 6.04. The number of non-ortho nitro benzene ring substituents is 1. The van der Waals surface area contributed by atoms with Crippen LogP contribution in [0.15, 0.2) is 96.1 Å². The Labute approximate surface area is 184 Å². The third-order valence-electron chi connectivity index (χ3n) is 6.15. The Balaban J connectivity index is 1.45. The number of ether oxygens (including phenoxy) is 1. The first-order chi connectivity index (χ1) is 15.7. The summed E-state index contributed by atoms with van der Waals surface area (Å²) in [7, 11) is 0. The molecule has 0 bridgehead atoms.